The van der Waals surface area contributed by atoms with Crippen LogP contribution in [0.1, 0.15) is 21.5 Å². The molecule has 1 aliphatic heterocycles. The number of hydrogen-bond acceptors (Lipinski definition) is 4. The summed E-state index contributed by atoms with van der Waals surface area (Å²) in [7, 11) is 0. The molecule has 0 saturated carbocycles. The third kappa shape index (κ3) is 3.64. The molecule has 4 aromatic rings. The topological polar surface area (TPSA) is 60.2 Å². The van der Waals surface area contributed by atoms with E-state index >= 15 is 0 Å². The molecule has 154 valence electrons. The van der Waals surface area contributed by atoms with E-state index in [2.05, 4.69) is 10.1 Å². The Hall–Kier alpha value is -3.71. The number of pyridine rings is 1. The van der Waals surface area contributed by atoms with Crippen LogP contribution >= 0.6 is 11.6 Å². The monoisotopic (exact) mass is 434 g/mol. The lowest BCUT2D eigenvalue weighted by Crippen LogP contribution is -2.23. The Kier molecular flexibility index (Phi) is 4.88. The van der Waals surface area contributed by atoms with Gasteiger partial charge in [0.1, 0.15) is 5.56 Å². The highest BCUT2D eigenvalue weighted by molar-refractivity contribution is 6.32. The molecule has 8 heteroatoms. The number of para-hydroxylation sites is 1. The fourth-order valence-electron chi connectivity index (χ4n) is 3.55. The number of carbonyl (C=O) groups excluding carboxylic acids is 1. The summed E-state index contributed by atoms with van der Waals surface area (Å²) in [6.45, 7) is 0.839. The fraction of sp³-hybridized carbons (Fsp3) is 0.0870. The molecule has 2 aromatic heterocycles. The Bertz CT molecular complexity index is 1240. The summed E-state index contributed by atoms with van der Waals surface area (Å²) in [6.07, 6.45) is 5.13. The van der Waals surface area contributed by atoms with Gasteiger partial charge < -0.3 is 9.64 Å². The van der Waals surface area contributed by atoms with Gasteiger partial charge in [-0.2, -0.15) is 5.10 Å². The van der Waals surface area contributed by atoms with E-state index in [0.717, 1.165) is 16.8 Å². The molecule has 0 radical (unpaired) electrons. The van der Waals surface area contributed by atoms with Crippen LogP contribution in [0.2, 0.25) is 5.02 Å². The molecule has 3 heterocycles. The maximum absolute atomic E-state index is 14.1. The summed E-state index contributed by atoms with van der Waals surface area (Å²) >= 11 is 6.06. The van der Waals surface area contributed by atoms with Crippen molar-refractivity contribution in [2.45, 2.75) is 13.1 Å². The summed E-state index contributed by atoms with van der Waals surface area (Å²) in [5, 5.41) is 4.32. The molecule has 1 amide bonds. The summed E-state index contributed by atoms with van der Waals surface area (Å²) in [6, 6.07) is 15.7. The molecule has 1 aliphatic rings. The first-order valence-corrected chi connectivity index (χ1v) is 9.96. The van der Waals surface area contributed by atoms with Gasteiger partial charge in [-0.15, -0.1) is 0 Å². The number of carbonyl (C=O) groups is 1. The van der Waals surface area contributed by atoms with Crippen molar-refractivity contribution >= 4 is 17.5 Å². The standard InChI is InChI=1S/C23H16ClFN4O2/c24-18-3-1-4-19(25)21(18)31-22-20-16(9-11-26-22)14-28(23(20)30)13-15-5-7-17(8-6-15)29-12-2-10-27-29/h1-12H,13-14H2. The zero-order valence-corrected chi connectivity index (χ0v) is 17.0. The molecule has 6 nitrogen and oxygen atoms in total. The first-order chi connectivity index (χ1) is 15.1. The Morgan fingerprint density at radius 3 is 2.65 bits per heavy atom. The van der Waals surface area contributed by atoms with Gasteiger partial charge in [0.15, 0.2) is 11.6 Å². The number of benzene rings is 2. The number of fused-ring (bicyclic) bond motifs is 1. The molecule has 0 aliphatic carbocycles. The highest BCUT2D eigenvalue weighted by Gasteiger charge is 2.32. The quantitative estimate of drug-likeness (QED) is 0.443. The minimum atomic E-state index is -0.619. The van der Waals surface area contributed by atoms with Crippen molar-refractivity contribution in [3.63, 3.8) is 0 Å². The highest BCUT2D eigenvalue weighted by atomic mass is 35.5. The Morgan fingerprint density at radius 1 is 1.06 bits per heavy atom. The molecule has 31 heavy (non-hydrogen) atoms. The number of aromatic nitrogens is 3. The predicted molar refractivity (Wildman–Crippen MR) is 113 cm³/mol. The van der Waals surface area contributed by atoms with Crippen molar-refractivity contribution in [3.05, 3.63) is 101 Å². The van der Waals surface area contributed by atoms with E-state index in [1.807, 2.05) is 36.5 Å². The Labute approximate surface area is 182 Å². The van der Waals surface area contributed by atoms with Gasteiger partial charge in [0.2, 0.25) is 5.88 Å². The molecule has 0 unspecified atom stereocenters. The summed E-state index contributed by atoms with van der Waals surface area (Å²) in [4.78, 5) is 19.0. The van der Waals surface area contributed by atoms with Crippen LogP contribution in [0.15, 0.2) is 73.2 Å². The number of halogens is 2. The van der Waals surface area contributed by atoms with Gasteiger partial charge in [0, 0.05) is 31.7 Å². The van der Waals surface area contributed by atoms with Crippen LogP contribution in [-0.2, 0) is 13.1 Å². The van der Waals surface area contributed by atoms with Gasteiger partial charge in [0.25, 0.3) is 5.91 Å². The third-order valence-electron chi connectivity index (χ3n) is 5.06. The van der Waals surface area contributed by atoms with Gasteiger partial charge in [-0.25, -0.2) is 14.1 Å². The van der Waals surface area contributed by atoms with Gasteiger partial charge in [0.05, 0.1) is 10.7 Å². The third-order valence-corrected chi connectivity index (χ3v) is 5.36. The van der Waals surface area contributed by atoms with E-state index in [4.69, 9.17) is 16.3 Å². The summed E-state index contributed by atoms with van der Waals surface area (Å²) in [5.74, 6) is -0.940. The van der Waals surface area contributed by atoms with E-state index in [1.165, 1.54) is 18.2 Å². The molecule has 0 saturated heterocycles. The van der Waals surface area contributed by atoms with Crippen molar-refractivity contribution in [1.82, 2.24) is 19.7 Å². The summed E-state index contributed by atoms with van der Waals surface area (Å²) < 4.78 is 21.5. The predicted octanol–water partition coefficient (Wildman–Crippen LogP) is 5.01. The molecule has 2 aromatic carbocycles. The van der Waals surface area contributed by atoms with Gasteiger partial charge in [-0.05, 0) is 47.5 Å². The first kappa shape index (κ1) is 19.3. The average Bonchev–Trinajstić information content (AvgIpc) is 3.41. The van der Waals surface area contributed by atoms with Crippen LogP contribution in [-0.4, -0.2) is 25.6 Å². The Balaban J connectivity index is 1.37. The van der Waals surface area contributed by atoms with Crippen LogP contribution in [0, 0.1) is 5.82 Å². The zero-order valence-electron chi connectivity index (χ0n) is 16.2. The van der Waals surface area contributed by atoms with Gasteiger partial charge >= 0.3 is 0 Å². The van der Waals surface area contributed by atoms with E-state index in [0.29, 0.717) is 18.7 Å². The van der Waals surface area contributed by atoms with Crippen molar-refractivity contribution in [3.8, 4) is 17.3 Å². The molecule has 5 rings (SSSR count). The molecule has 0 bridgehead atoms. The van der Waals surface area contributed by atoms with Crippen LogP contribution in [0.25, 0.3) is 5.69 Å². The van der Waals surface area contributed by atoms with Crippen LogP contribution in [0.4, 0.5) is 4.39 Å². The maximum atomic E-state index is 14.1. The number of hydrogen-bond donors (Lipinski definition) is 0. The van der Waals surface area contributed by atoms with Crippen molar-refractivity contribution < 1.29 is 13.9 Å². The lowest BCUT2D eigenvalue weighted by molar-refractivity contribution is 0.0764. The number of ether oxygens (including phenoxy) is 1. The lowest BCUT2D eigenvalue weighted by Gasteiger charge is -2.16. The van der Waals surface area contributed by atoms with Crippen molar-refractivity contribution in [1.29, 1.82) is 0 Å². The first-order valence-electron chi connectivity index (χ1n) is 9.58. The second-order valence-corrected chi connectivity index (χ2v) is 7.49. The summed E-state index contributed by atoms with van der Waals surface area (Å²) in [5.41, 5.74) is 3.02. The zero-order chi connectivity index (χ0) is 21.4. The number of nitrogens with zero attached hydrogens (tertiary/aromatic N) is 4. The maximum Gasteiger partial charge on any atom is 0.260 e. The number of amides is 1. The molecule has 0 atom stereocenters. The van der Waals surface area contributed by atoms with E-state index in [1.54, 1.807) is 28.0 Å². The molecular formula is C23H16ClFN4O2. The van der Waals surface area contributed by atoms with Gasteiger partial charge in [-0.3, -0.25) is 4.79 Å². The van der Waals surface area contributed by atoms with Gasteiger partial charge in [-0.1, -0.05) is 29.8 Å². The molecule has 0 fully saturated rings. The van der Waals surface area contributed by atoms with Crippen molar-refractivity contribution in [2.75, 3.05) is 0 Å². The van der Waals surface area contributed by atoms with Crippen LogP contribution in [0.3, 0.4) is 0 Å². The second-order valence-electron chi connectivity index (χ2n) is 7.08. The SMILES string of the molecule is O=C1c2c(ccnc2Oc2c(F)cccc2Cl)CN1Cc1ccc(-n2cccn2)cc1. The molecule has 0 spiro atoms. The normalized spacial score (nSPS) is 12.8. The van der Waals surface area contributed by atoms with E-state index < -0.39 is 5.82 Å². The van der Waals surface area contributed by atoms with Crippen LogP contribution in [0.5, 0.6) is 11.6 Å². The highest BCUT2D eigenvalue weighted by Crippen LogP contribution is 2.36. The van der Waals surface area contributed by atoms with Crippen LogP contribution < -0.4 is 4.74 Å². The smallest absolute Gasteiger partial charge is 0.260 e. The fourth-order valence-corrected chi connectivity index (χ4v) is 3.76. The average molecular weight is 435 g/mol. The van der Waals surface area contributed by atoms with E-state index in [9.17, 15) is 9.18 Å². The number of rotatable bonds is 5. The second kappa shape index (κ2) is 7.85. The Morgan fingerprint density at radius 2 is 1.90 bits per heavy atom. The minimum Gasteiger partial charge on any atom is -0.433 e. The van der Waals surface area contributed by atoms with Crippen molar-refractivity contribution in [2.24, 2.45) is 0 Å². The molecular weight excluding hydrogens is 419 g/mol. The largest absolute Gasteiger partial charge is 0.433 e. The lowest BCUT2D eigenvalue weighted by atomic mass is 10.2. The molecule has 0 N–H and O–H groups in total. The minimum absolute atomic E-state index is 0.0473. The van der Waals surface area contributed by atoms with E-state index in [-0.39, 0.29) is 22.6 Å².